The lowest BCUT2D eigenvalue weighted by Gasteiger charge is -2.16. The molecule has 0 aromatic heterocycles. The monoisotopic (exact) mass is 458 g/mol. The Balaban J connectivity index is 2.45. The molecular formula is C26H34O7. The van der Waals surface area contributed by atoms with Gasteiger partial charge in [0.1, 0.15) is 34.1 Å². The van der Waals surface area contributed by atoms with Crippen molar-refractivity contribution in [2.75, 3.05) is 14.2 Å². The number of unbranched alkanes of at least 4 members (excludes halogenated alkanes) is 4. The Morgan fingerprint density at radius 2 is 1.33 bits per heavy atom. The third-order valence-electron chi connectivity index (χ3n) is 5.49. The molecule has 7 nitrogen and oxygen atoms in total. The lowest BCUT2D eigenvalue weighted by molar-refractivity contribution is 0.0691. The van der Waals surface area contributed by atoms with Gasteiger partial charge in [-0.1, -0.05) is 39.5 Å². The molecule has 2 rings (SSSR count). The molecule has 0 heterocycles. The summed E-state index contributed by atoms with van der Waals surface area (Å²) in [5.41, 5.74) is 1.53. The molecule has 7 heteroatoms. The number of phenolic OH excluding ortho intramolecular Hbond substituents is 1. The molecule has 0 aliphatic carbocycles. The van der Waals surface area contributed by atoms with Crippen molar-refractivity contribution in [3.8, 4) is 23.0 Å². The molecular weight excluding hydrogens is 424 g/mol. The fraction of sp³-hybridized carbons (Fsp3) is 0.462. The highest BCUT2D eigenvalue weighted by Crippen LogP contribution is 2.33. The van der Waals surface area contributed by atoms with Gasteiger partial charge in [-0.3, -0.25) is 0 Å². The minimum atomic E-state index is -1.09. The topological polar surface area (TPSA) is 102 Å². The number of carboxylic acid groups (broad SMARTS) is 1. The fourth-order valence-electron chi connectivity index (χ4n) is 3.84. The van der Waals surface area contributed by atoms with Crippen molar-refractivity contribution >= 4 is 11.9 Å². The van der Waals surface area contributed by atoms with Crippen LogP contribution in [-0.4, -0.2) is 36.4 Å². The van der Waals surface area contributed by atoms with E-state index in [2.05, 4.69) is 13.8 Å². The fourth-order valence-corrected chi connectivity index (χ4v) is 3.84. The highest BCUT2D eigenvalue weighted by atomic mass is 16.5. The summed E-state index contributed by atoms with van der Waals surface area (Å²) in [4.78, 5) is 25.1. The molecule has 0 radical (unpaired) electrons. The second-order valence-electron chi connectivity index (χ2n) is 7.95. The summed E-state index contributed by atoms with van der Waals surface area (Å²) in [7, 11) is 2.82. The average molecular weight is 459 g/mol. The molecule has 0 amide bonds. The second-order valence-corrected chi connectivity index (χ2v) is 7.95. The molecule has 2 aromatic rings. The van der Waals surface area contributed by atoms with E-state index in [1.807, 2.05) is 0 Å². The number of ether oxygens (including phenoxy) is 3. The van der Waals surface area contributed by atoms with Gasteiger partial charge in [-0.2, -0.15) is 0 Å². The van der Waals surface area contributed by atoms with Crippen LogP contribution in [0.5, 0.6) is 23.0 Å². The number of phenols is 1. The van der Waals surface area contributed by atoms with Crippen LogP contribution in [0.2, 0.25) is 0 Å². The van der Waals surface area contributed by atoms with Crippen molar-refractivity contribution in [1.29, 1.82) is 0 Å². The number of aryl methyl sites for hydroxylation is 2. The average Bonchev–Trinajstić information content (AvgIpc) is 2.78. The molecule has 0 fully saturated rings. The summed E-state index contributed by atoms with van der Waals surface area (Å²) in [6.45, 7) is 4.16. The molecule has 180 valence electrons. The molecule has 33 heavy (non-hydrogen) atoms. The third-order valence-corrected chi connectivity index (χ3v) is 5.49. The Morgan fingerprint density at radius 3 is 1.85 bits per heavy atom. The normalized spacial score (nSPS) is 10.7. The summed E-state index contributed by atoms with van der Waals surface area (Å²) in [5, 5.41) is 19.8. The number of carbonyl (C=O) groups is 2. The van der Waals surface area contributed by atoms with Crippen molar-refractivity contribution in [2.24, 2.45) is 0 Å². The van der Waals surface area contributed by atoms with Gasteiger partial charge in [-0.25, -0.2) is 9.59 Å². The van der Waals surface area contributed by atoms with Gasteiger partial charge in [0.2, 0.25) is 0 Å². The molecule has 0 atom stereocenters. The second kappa shape index (κ2) is 12.7. The predicted molar refractivity (Wildman–Crippen MR) is 126 cm³/mol. The van der Waals surface area contributed by atoms with Gasteiger partial charge in [0.05, 0.1) is 14.2 Å². The van der Waals surface area contributed by atoms with Crippen molar-refractivity contribution in [3.05, 3.63) is 46.5 Å². The number of methoxy groups -OCH3 is 2. The first-order valence-electron chi connectivity index (χ1n) is 11.4. The van der Waals surface area contributed by atoms with E-state index >= 15 is 0 Å². The van der Waals surface area contributed by atoms with Crippen LogP contribution in [0.3, 0.4) is 0 Å². The summed E-state index contributed by atoms with van der Waals surface area (Å²) in [6, 6.07) is 5.93. The van der Waals surface area contributed by atoms with Crippen LogP contribution in [0.4, 0.5) is 0 Å². The number of carboxylic acids is 1. The van der Waals surface area contributed by atoms with E-state index in [-0.39, 0.29) is 34.1 Å². The molecule has 0 saturated heterocycles. The van der Waals surface area contributed by atoms with Crippen LogP contribution in [-0.2, 0) is 12.8 Å². The number of hydrogen-bond donors (Lipinski definition) is 2. The van der Waals surface area contributed by atoms with E-state index in [0.29, 0.717) is 24.0 Å². The summed E-state index contributed by atoms with van der Waals surface area (Å²) >= 11 is 0. The molecule has 0 spiro atoms. The van der Waals surface area contributed by atoms with Crippen molar-refractivity contribution in [2.45, 2.75) is 65.2 Å². The van der Waals surface area contributed by atoms with Gasteiger partial charge in [0, 0.05) is 12.1 Å². The van der Waals surface area contributed by atoms with Gasteiger partial charge >= 0.3 is 11.9 Å². The minimum absolute atomic E-state index is 0.0144. The first-order chi connectivity index (χ1) is 15.9. The lowest BCUT2D eigenvalue weighted by Crippen LogP contribution is -2.14. The maximum atomic E-state index is 13.2. The maximum absolute atomic E-state index is 13.2. The van der Waals surface area contributed by atoms with E-state index in [1.54, 1.807) is 12.1 Å². The third kappa shape index (κ3) is 6.88. The van der Waals surface area contributed by atoms with Gasteiger partial charge in [0.25, 0.3) is 0 Å². The number of aromatic carboxylic acids is 1. The Labute approximate surface area is 195 Å². The number of aromatic hydroxyl groups is 1. The Morgan fingerprint density at radius 1 is 0.788 bits per heavy atom. The molecule has 0 saturated carbocycles. The van der Waals surface area contributed by atoms with Crippen molar-refractivity contribution < 1.29 is 34.0 Å². The molecule has 2 N–H and O–H groups in total. The van der Waals surface area contributed by atoms with Gasteiger partial charge in [-0.15, -0.1) is 0 Å². The van der Waals surface area contributed by atoms with Crippen LogP contribution in [0.15, 0.2) is 24.3 Å². The number of rotatable bonds is 13. The van der Waals surface area contributed by atoms with Crippen LogP contribution < -0.4 is 14.2 Å². The standard InChI is InChI=1S/C26H34O7/c1-5-7-9-11-17-13-19(27)15-21(31-3)24(17)26(30)33-20-14-18(12-10-8-6-2)23(25(28)29)22(16-20)32-4/h13-16,27H,5-12H2,1-4H3,(H,28,29). The first kappa shape index (κ1) is 26.0. The van der Waals surface area contributed by atoms with Crippen molar-refractivity contribution in [3.63, 3.8) is 0 Å². The zero-order valence-electron chi connectivity index (χ0n) is 19.9. The predicted octanol–water partition coefficient (Wildman–Crippen LogP) is 5.79. The van der Waals surface area contributed by atoms with E-state index < -0.39 is 11.9 Å². The maximum Gasteiger partial charge on any atom is 0.347 e. The Kier molecular flexibility index (Phi) is 10.0. The highest BCUT2D eigenvalue weighted by molar-refractivity contribution is 5.97. The van der Waals surface area contributed by atoms with Gasteiger partial charge < -0.3 is 24.4 Å². The molecule has 0 aliphatic heterocycles. The van der Waals surface area contributed by atoms with Gasteiger partial charge in [-0.05, 0) is 48.9 Å². The smallest absolute Gasteiger partial charge is 0.347 e. The Bertz CT molecular complexity index is 966. The number of hydrogen-bond acceptors (Lipinski definition) is 6. The van der Waals surface area contributed by atoms with E-state index in [9.17, 15) is 19.8 Å². The number of esters is 1. The van der Waals surface area contributed by atoms with E-state index in [4.69, 9.17) is 14.2 Å². The zero-order valence-corrected chi connectivity index (χ0v) is 19.9. The highest BCUT2D eigenvalue weighted by Gasteiger charge is 2.23. The summed E-state index contributed by atoms with van der Waals surface area (Å²) in [5.74, 6) is -1.15. The number of benzene rings is 2. The summed E-state index contributed by atoms with van der Waals surface area (Å²) in [6.07, 6.45) is 6.74. The largest absolute Gasteiger partial charge is 0.508 e. The van der Waals surface area contributed by atoms with Crippen molar-refractivity contribution in [1.82, 2.24) is 0 Å². The first-order valence-corrected chi connectivity index (χ1v) is 11.4. The van der Waals surface area contributed by atoms with E-state index in [1.165, 1.54) is 26.4 Å². The molecule has 0 bridgehead atoms. The molecule has 0 unspecified atom stereocenters. The lowest BCUT2D eigenvalue weighted by atomic mass is 9.99. The van der Waals surface area contributed by atoms with Crippen LogP contribution >= 0.6 is 0 Å². The Hall–Kier alpha value is -3.22. The molecule has 0 aliphatic rings. The number of carbonyl (C=O) groups excluding carboxylic acids is 1. The van der Waals surface area contributed by atoms with Crippen LogP contribution in [0.25, 0.3) is 0 Å². The zero-order chi connectivity index (χ0) is 24.4. The van der Waals surface area contributed by atoms with E-state index in [0.717, 1.165) is 38.5 Å². The van der Waals surface area contributed by atoms with Crippen LogP contribution in [0, 0.1) is 0 Å². The van der Waals surface area contributed by atoms with Crippen LogP contribution in [0.1, 0.15) is 84.2 Å². The molecule has 2 aromatic carbocycles. The van der Waals surface area contributed by atoms with Gasteiger partial charge in [0.15, 0.2) is 0 Å². The SMILES string of the molecule is CCCCCc1cc(OC(=O)c2c(CCCCC)cc(O)cc2OC)cc(OC)c1C(=O)O. The minimum Gasteiger partial charge on any atom is -0.508 e. The quantitative estimate of drug-likeness (QED) is 0.222. The summed E-state index contributed by atoms with van der Waals surface area (Å²) < 4.78 is 16.3.